The van der Waals surface area contributed by atoms with Crippen molar-refractivity contribution in [3.05, 3.63) is 35.6 Å². The molecule has 80 valence electrons. The van der Waals surface area contributed by atoms with Gasteiger partial charge in [-0.05, 0) is 30.5 Å². The maximum Gasteiger partial charge on any atom is 0.269 e. The van der Waals surface area contributed by atoms with E-state index in [2.05, 4.69) is 10.9 Å². The number of amides is 1. The average molecular weight is 244 g/mol. The summed E-state index contributed by atoms with van der Waals surface area (Å²) in [4.78, 5) is 11.4. The molecule has 1 aromatic rings. The zero-order chi connectivity index (χ0) is 11.3. The molecule has 0 saturated carbocycles. The van der Waals surface area contributed by atoms with Crippen LogP contribution in [0.25, 0.3) is 0 Å². The summed E-state index contributed by atoms with van der Waals surface area (Å²) in [6, 6.07) is 5.24. The van der Waals surface area contributed by atoms with Gasteiger partial charge in [-0.2, -0.15) is 0 Å². The van der Waals surface area contributed by atoms with E-state index in [-0.39, 0.29) is 11.7 Å². The largest absolute Gasteiger partial charge is 0.283 e. The Balaban J connectivity index is 2.54. The Morgan fingerprint density at radius 1 is 1.33 bits per heavy atom. The minimum atomic E-state index is -0.376. The van der Waals surface area contributed by atoms with E-state index in [1.165, 1.54) is 36.0 Å². The highest BCUT2D eigenvalue weighted by molar-refractivity contribution is 8.22. The smallest absolute Gasteiger partial charge is 0.269 e. The van der Waals surface area contributed by atoms with Crippen molar-refractivity contribution in [2.24, 2.45) is 0 Å². The van der Waals surface area contributed by atoms with Crippen LogP contribution < -0.4 is 10.9 Å². The molecule has 0 aromatic heterocycles. The van der Waals surface area contributed by atoms with Crippen molar-refractivity contribution in [3.8, 4) is 0 Å². The van der Waals surface area contributed by atoms with E-state index in [9.17, 15) is 9.18 Å². The number of thioether (sulfide) groups is 1. The molecule has 0 fully saturated rings. The second kappa shape index (κ2) is 5.67. The van der Waals surface area contributed by atoms with Gasteiger partial charge in [-0.25, -0.2) is 4.39 Å². The van der Waals surface area contributed by atoms with Crippen molar-refractivity contribution >= 4 is 34.2 Å². The highest BCUT2D eigenvalue weighted by Crippen LogP contribution is 2.02. The van der Waals surface area contributed by atoms with Gasteiger partial charge in [0.15, 0.2) is 4.32 Å². The summed E-state index contributed by atoms with van der Waals surface area (Å²) in [5.74, 6) is -0.731. The average Bonchev–Trinajstić information content (AvgIpc) is 2.26. The predicted molar refractivity (Wildman–Crippen MR) is 63.1 cm³/mol. The van der Waals surface area contributed by atoms with E-state index in [0.29, 0.717) is 9.88 Å². The molecule has 0 aliphatic rings. The number of hydrazine groups is 1. The lowest BCUT2D eigenvalue weighted by Gasteiger charge is -2.07. The lowest BCUT2D eigenvalue weighted by Crippen LogP contribution is -2.39. The molecule has 0 bridgehead atoms. The van der Waals surface area contributed by atoms with Gasteiger partial charge in [0.2, 0.25) is 0 Å². The molecule has 6 heteroatoms. The molecule has 0 spiro atoms. The van der Waals surface area contributed by atoms with Crippen LogP contribution in [0.3, 0.4) is 0 Å². The molecule has 1 amide bonds. The lowest BCUT2D eigenvalue weighted by atomic mass is 10.2. The van der Waals surface area contributed by atoms with Crippen LogP contribution in [-0.4, -0.2) is 16.5 Å². The number of thiocarbonyl (C=S) groups is 1. The predicted octanol–water partition coefficient (Wildman–Crippen LogP) is 1.71. The quantitative estimate of drug-likeness (QED) is 0.583. The number of hydrogen-bond donors (Lipinski definition) is 2. The first-order chi connectivity index (χ1) is 7.13. The van der Waals surface area contributed by atoms with Crippen molar-refractivity contribution in [1.82, 2.24) is 10.9 Å². The molecule has 2 N–H and O–H groups in total. The van der Waals surface area contributed by atoms with Gasteiger partial charge in [0, 0.05) is 5.56 Å². The maximum atomic E-state index is 12.5. The van der Waals surface area contributed by atoms with Crippen LogP contribution in [0.5, 0.6) is 0 Å². The van der Waals surface area contributed by atoms with Gasteiger partial charge in [-0.3, -0.25) is 15.6 Å². The molecule has 0 aliphatic heterocycles. The number of hydrogen-bond acceptors (Lipinski definition) is 3. The summed E-state index contributed by atoms with van der Waals surface area (Å²) in [6.07, 6.45) is 1.79. The summed E-state index contributed by atoms with van der Waals surface area (Å²) < 4.78 is 13.0. The topological polar surface area (TPSA) is 41.1 Å². The molecule has 0 atom stereocenters. The van der Waals surface area contributed by atoms with E-state index in [0.717, 1.165) is 0 Å². The number of carbonyl (C=O) groups excluding carboxylic acids is 1. The molecule has 1 rings (SSSR count). The molecule has 15 heavy (non-hydrogen) atoms. The fraction of sp³-hybridized carbons (Fsp3) is 0.111. The number of carbonyl (C=O) groups is 1. The van der Waals surface area contributed by atoms with Gasteiger partial charge in [0.1, 0.15) is 5.82 Å². The fourth-order valence-corrected chi connectivity index (χ4v) is 1.04. The Bertz CT molecular complexity index is 367. The van der Waals surface area contributed by atoms with Crippen LogP contribution in [0.1, 0.15) is 10.4 Å². The highest BCUT2D eigenvalue weighted by Gasteiger charge is 2.04. The van der Waals surface area contributed by atoms with Crippen LogP contribution in [-0.2, 0) is 0 Å². The standard InChI is InChI=1S/C9H9FN2OS2/c1-15-9(14)12-11-8(13)6-2-4-7(10)5-3-6/h2-5H,1H3,(H,11,13)(H,12,14). The van der Waals surface area contributed by atoms with Crippen LogP contribution >= 0.6 is 24.0 Å². The van der Waals surface area contributed by atoms with Gasteiger partial charge in [0.05, 0.1) is 0 Å². The SMILES string of the molecule is CSC(=S)NNC(=O)c1ccc(F)cc1. The van der Waals surface area contributed by atoms with Crippen molar-refractivity contribution < 1.29 is 9.18 Å². The Kier molecular flexibility index (Phi) is 4.51. The Labute approximate surface area is 96.4 Å². The third-order valence-electron chi connectivity index (χ3n) is 1.57. The van der Waals surface area contributed by atoms with Gasteiger partial charge in [0.25, 0.3) is 5.91 Å². The van der Waals surface area contributed by atoms with Crippen molar-refractivity contribution in [2.45, 2.75) is 0 Å². The fourth-order valence-electron chi connectivity index (χ4n) is 0.832. The Hall–Kier alpha value is -1.14. The van der Waals surface area contributed by atoms with E-state index in [1.54, 1.807) is 6.26 Å². The second-order valence-electron chi connectivity index (χ2n) is 2.58. The van der Waals surface area contributed by atoms with Gasteiger partial charge < -0.3 is 0 Å². The van der Waals surface area contributed by atoms with E-state index in [1.807, 2.05) is 0 Å². The van der Waals surface area contributed by atoms with Crippen molar-refractivity contribution in [2.75, 3.05) is 6.26 Å². The number of rotatable bonds is 1. The summed E-state index contributed by atoms with van der Waals surface area (Å²) in [7, 11) is 0. The van der Waals surface area contributed by atoms with Crippen molar-refractivity contribution in [1.29, 1.82) is 0 Å². The van der Waals surface area contributed by atoms with E-state index in [4.69, 9.17) is 12.2 Å². The normalized spacial score (nSPS) is 9.47. The zero-order valence-corrected chi connectivity index (χ0v) is 9.55. The molecule has 0 unspecified atom stereocenters. The summed E-state index contributed by atoms with van der Waals surface area (Å²) >= 11 is 6.13. The minimum absolute atomic E-state index is 0.355. The number of benzene rings is 1. The van der Waals surface area contributed by atoms with E-state index >= 15 is 0 Å². The monoisotopic (exact) mass is 244 g/mol. The number of halogens is 1. The first-order valence-electron chi connectivity index (χ1n) is 4.03. The zero-order valence-electron chi connectivity index (χ0n) is 7.91. The van der Waals surface area contributed by atoms with Gasteiger partial charge in [-0.15, -0.1) is 0 Å². The Morgan fingerprint density at radius 3 is 2.47 bits per heavy atom. The van der Waals surface area contributed by atoms with Gasteiger partial charge in [-0.1, -0.05) is 24.0 Å². The third-order valence-corrected chi connectivity index (χ3v) is 2.64. The molecule has 0 aliphatic carbocycles. The molecule has 0 radical (unpaired) electrons. The van der Waals surface area contributed by atoms with Crippen LogP contribution in [0.4, 0.5) is 4.39 Å². The maximum absolute atomic E-state index is 12.5. The molecular weight excluding hydrogens is 235 g/mol. The second-order valence-corrected chi connectivity index (χ2v) is 4.06. The highest BCUT2D eigenvalue weighted by atomic mass is 32.2. The van der Waals surface area contributed by atoms with E-state index < -0.39 is 0 Å². The third kappa shape index (κ3) is 3.85. The Morgan fingerprint density at radius 2 is 1.93 bits per heavy atom. The van der Waals surface area contributed by atoms with Crippen LogP contribution in [0, 0.1) is 5.82 Å². The first-order valence-corrected chi connectivity index (χ1v) is 5.66. The molecule has 1 aromatic carbocycles. The molecule has 0 saturated heterocycles. The van der Waals surface area contributed by atoms with Crippen LogP contribution in [0.2, 0.25) is 0 Å². The first kappa shape index (κ1) is 11.9. The summed E-state index contributed by atoms with van der Waals surface area (Å²) in [5.41, 5.74) is 5.31. The van der Waals surface area contributed by atoms with Crippen LogP contribution in [0.15, 0.2) is 24.3 Å². The number of nitrogens with one attached hydrogen (secondary N) is 2. The summed E-state index contributed by atoms with van der Waals surface area (Å²) in [5, 5.41) is 0. The molecule has 3 nitrogen and oxygen atoms in total. The van der Waals surface area contributed by atoms with Crippen molar-refractivity contribution in [3.63, 3.8) is 0 Å². The lowest BCUT2D eigenvalue weighted by molar-refractivity contribution is 0.0944. The minimum Gasteiger partial charge on any atom is -0.283 e. The van der Waals surface area contributed by atoms with Gasteiger partial charge >= 0.3 is 0 Å². The summed E-state index contributed by atoms with van der Waals surface area (Å²) in [6.45, 7) is 0. The molecular formula is C9H9FN2OS2. The molecule has 0 heterocycles.